The molecule has 0 amide bonds. The van der Waals surface area contributed by atoms with Crippen LogP contribution in [-0.2, 0) is 4.74 Å². The van der Waals surface area contributed by atoms with Crippen molar-refractivity contribution in [2.45, 2.75) is 49.7 Å². The Hall–Kier alpha value is -1.57. The maximum absolute atomic E-state index is 10.0. The predicted molar refractivity (Wildman–Crippen MR) is 86.9 cm³/mol. The van der Waals surface area contributed by atoms with Crippen molar-refractivity contribution in [3.8, 4) is 0 Å². The summed E-state index contributed by atoms with van der Waals surface area (Å²) in [6.07, 6.45) is 4.21. The summed E-state index contributed by atoms with van der Waals surface area (Å²) >= 11 is 0. The van der Waals surface area contributed by atoms with E-state index in [2.05, 4.69) is 21.2 Å². The minimum atomic E-state index is -0.349. The highest BCUT2D eigenvalue weighted by Gasteiger charge is 2.35. The lowest BCUT2D eigenvalue weighted by molar-refractivity contribution is 0.0655. The van der Waals surface area contributed by atoms with Crippen molar-refractivity contribution in [3.63, 3.8) is 0 Å². The number of aliphatic hydroxyl groups is 1. The Labute approximate surface area is 140 Å². The second-order valence-corrected chi connectivity index (χ2v) is 7.34. The molecule has 2 unspecified atom stereocenters. The molecular formula is C17H23N5O2. The normalized spacial score (nSPS) is 29.5. The SMILES string of the molecule is OC1COCC1N1CCC(c2nnc3ccc(C4CC4)nn23)CC1. The van der Waals surface area contributed by atoms with Gasteiger partial charge in [0.1, 0.15) is 0 Å². The first-order chi connectivity index (χ1) is 11.8. The number of fused-ring (bicyclic) bond motifs is 1. The largest absolute Gasteiger partial charge is 0.389 e. The summed E-state index contributed by atoms with van der Waals surface area (Å²) in [5, 5.41) is 23.6. The van der Waals surface area contributed by atoms with Crippen LogP contribution in [0.2, 0.25) is 0 Å². The van der Waals surface area contributed by atoms with Crippen molar-refractivity contribution in [1.29, 1.82) is 0 Å². The number of hydrogen-bond donors (Lipinski definition) is 1. The van der Waals surface area contributed by atoms with Gasteiger partial charge in [-0.05, 0) is 50.9 Å². The number of rotatable bonds is 3. The smallest absolute Gasteiger partial charge is 0.177 e. The van der Waals surface area contributed by atoms with Crippen molar-refractivity contribution < 1.29 is 9.84 Å². The maximum Gasteiger partial charge on any atom is 0.177 e. The lowest BCUT2D eigenvalue weighted by Gasteiger charge is -2.35. The highest BCUT2D eigenvalue weighted by atomic mass is 16.5. The average molecular weight is 329 g/mol. The van der Waals surface area contributed by atoms with Crippen molar-refractivity contribution in [1.82, 2.24) is 24.7 Å². The van der Waals surface area contributed by atoms with Gasteiger partial charge in [-0.25, -0.2) is 0 Å². The van der Waals surface area contributed by atoms with Crippen molar-refractivity contribution in [2.75, 3.05) is 26.3 Å². The van der Waals surface area contributed by atoms with E-state index in [0.29, 0.717) is 25.0 Å². The zero-order chi connectivity index (χ0) is 16.1. The fourth-order valence-corrected chi connectivity index (χ4v) is 4.04. The summed E-state index contributed by atoms with van der Waals surface area (Å²) in [5.41, 5.74) is 2.02. The highest BCUT2D eigenvalue weighted by molar-refractivity contribution is 5.38. The number of likely N-dealkylation sites (tertiary alicyclic amines) is 1. The van der Waals surface area contributed by atoms with Crippen molar-refractivity contribution in [2.24, 2.45) is 0 Å². The van der Waals surface area contributed by atoms with Crippen LogP contribution >= 0.6 is 0 Å². The minimum absolute atomic E-state index is 0.153. The Bertz CT molecular complexity index is 736. The molecule has 3 fully saturated rings. The molecular weight excluding hydrogens is 306 g/mol. The molecule has 1 N–H and O–H groups in total. The van der Waals surface area contributed by atoms with Gasteiger partial charge in [-0.2, -0.15) is 9.61 Å². The molecule has 7 nitrogen and oxygen atoms in total. The molecule has 7 heteroatoms. The first kappa shape index (κ1) is 14.7. The fraction of sp³-hybridized carbons (Fsp3) is 0.706. The van der Waals surface area contributed by atoms with Crippen LogP contribution in [0.4, 0.5) is 0 Å². The van der Waals surface area contributed by atoms with E-state index in [4.69, 9.17) is 9.84 Å². The molecule has 2 saturated heterocycles. The van der Waals surface area contributed by atoms with E-state index in [1.165, 1.54) is 18.5 Å². The summed E-state index contributed by atoms with van der Waals surface area (Å²) < 4.78 is 7.35. The van der Waals surface area contributed by atoms with E-state index in [1.54, 1.807) is 0 Å². The second kappa shape index (κ2) is 5.75. The van der Waals surface area contributed by atoms with Crippen LogP contribution in [0.5, 0.6) is 0 Å². The molecule has 4 heterocycles. The lowest BCUT2D eigenvalue weighted by atomic mass is 9.94. The number of piperidine rings is 1. The Kier molecular flexibility index (Phi) is 3.53. The van der Waals surface area contributed by atoms with E-state index in [1.807, 2.05) is 10.6 Å². The van der Waals surface area contributed by atoms with Crippen LogP contribution in [0.3, 0.4) is 0 Å². The fourth-order valence-electron chi connectivity index (χ4n) is 4.04. The topological polar surface area (TPSA) is 75.8 Å². The Morgan fingerprint density at radius 1 is 1.00 bits per heavy atom. The van der Waals surface area contributed by atoms with E-state index >= 15 is 0 Å². The number of aliphatic hydroxyl groups excluding tert-OH is 1. The monoisotopic (exact) mass is 329 g/mol. The van der Waals surface area contributed by atoms with Crippen LogP contribution in [0.15, 0.2) is 12.1 Å². The van der Waals surface area contributed by atoms with Gasteiger partial charge in [-0.15, -0.1) is 10.2 Å². The van der Waals surface area contributed by atoms with Gasteiger partial charge >= 0.3 is 0 Å². The number of ether oxygens (including phenoxy) is 1. The van der Waals surface area contributed by atoms with Crippen LogP contribution in [0.1, 0.15) is 49.0 Å². The average Bonchev–Trinajstić information content (AvgIpc) is 3.25. The predicted octanol–water partition coefficient (Wildman–Crippen LogP) is 0.941. The molecule has 24 heavy (non-hydrogen) atoms. The zero-order valence-electron chi connectivity index (χ0n) is 13.7. The van der Waals surface area contributed by atoms with Gasteiger partial charge in [0.05, 0.1) is 31.1 Å². The van der Waals surface area contributed by atoms with Crippen molar-refractivity contribution in [3.05, 3.63) is 23.7 Å². The van der Waals surface area contributed by atoms with Gasteiger partial charge in [0, 0.05) is 11.8 Å². The van der Waals surface area contributed by atoms with Gasteiger partial charge in [-0.1, -0.05) is 0 Å². The second-order valence-electron chi connectivity index (χ2n) is 7.34. The van der Waals surface area contributed by atoms with Gasteiger partial charge < -0.3 is 9.84 Å². The zero-order valence-corrected chi connectivity index (χ0v) is 13.7. The van der Waals surface area contributed by atoms with E-state index < -0.39 is 0 Å². The van der Waals surface area contributed by atoms with Crippen molar-refractivity contribution >= 4 is 5.65 Å². The third kappa shape index (κ3) is 2.51. The van der Waals surface area contributed by atoms with E-state index in [9.17, 15) is 5.11 Å². The molecule has 1 saturated carbocycles. The molecule has 2 aliphatic heterocycles. The molecule has 1 aliphatic carbocycles. The number of nitrogens with zero attached hydrogens (tertiary/aromatic N) is 5. The maximum atomic E-state index is 10.0. The molecule has 0 spiro atoms. The highest BCUT2D eigenvalue weighted by Crippen LogP contribution is 2.39. The third-order valence-electron chi connectivity index (χ3n) is 5.69. The Balaban J connectivity index is 1.34. The summed E-state index contributed by atoms with van der Waals surface area (Å²) in [4.78, 5) is 2.36. The Morgan fingerprint density at radius 2 is 1.83 bits per heavy atom. The van der Waals surface area contributed by atoms with Gasteiger partial charge in [0.15, 0.2) is 11.5 Å². The molecule has 5 rings (SSSR count). The van der Waals surface area contributed by atoms with Crippen LogP contribution < -0.4 is 0 Å². The quantitative estimate of drug-likeness (QED) is 0.903. The third-order valence-corrected chi connectivity index (χ3v) is 5.69. The molecule has 0 aromatic carbocycles. The molecule has 0 bridgehead atoms. The molecule has 0 radical (unpaired) electrons. The minimum Gasteiger partial charge on any atom is -0.389 e. The number of aromatic nitrogens is 4. The van der Waals surface area contributed by atoms with Gasteiger partial charge in [-0.3, -0.25) is 4.90 Å². The van der Waals surface area contributed by atoms with E-state index in [-0.39, 0.29) is 12.1 Å². The van der Waals surface area contributed by atoms with Crippen LogP contribution in [0.25, 0.3) is 5.65 Å². The number of hydrogen-bond acceptors (Lipinski definition) is 6. The van der Waals surface area contributed by atoms with Crippen LogP contribution in [-0.4, -0.2) is 68.3 Å². The summed E-state index contributed by atoms with van der Waals surface area (Å²) in [5.74, 6) is 2.02. The first-order valence-corrected chi connectivity index (χ1v) is 9.02. The molecule has 2 atom stereocenters. The summed E-state index contributed by atoms with van der Waals surface area (Å²) in [6.45, 7) is 3.04. The Morgan fingerprint density at radius 3 is 2.54 bits per heavy atom. The standard InChI is InChI=1S/C17H23N5O2/c23-15-10-24-9-14(15)21-7-5-12(6-8-21)17-19-18-16-4-3-13(11-1-2-11)20-22(16)17/h3-4,11-12,14-15,23H,1-2,5-10H2. The van der Waals surface area contributed by atoms with Gasteiger partial charge in [0.2, 0.25) is 0 Å². The summed E-state index contributed by atoms with van der Waals surface area (Å²) in [7, 11) is 0. The van der Waals surface area contributed by atoms with E-state index in [0.717, 1.165) is 37.4 Å². The van der Waals surface area contributed by atoms with Crippen LogP contribution in [0, 0.1) is 0 Å². The molecule has 128 valence electrons. The molecule has 2 aromatic rings. The first-order valence-electron chi connectivity index (χ1n) is 9.02. The molecule has 2 aromatic heterocycles. The lowest BCUT2D eigenvalue weighted by Crippen LogP contribution is -2.46. The van der Waals surface area contributed by atoms with Gasteiger partial charge in [0.25, 0.3) is 0 Å². The summed E-state index contributed by atoms with van der Waals surface area (Å²) in [6, 6.07) is 4.29. The molecule has 3 aliphatic rings.